The highest BCUT2D eigenvalue weighted by atomic mass is 35.5. The number of carbonyl (C=O) groups is 1. The van der Waals surface area contributed by atoms with Crippen LogP contribution in [0.2, 0.25) is 5.02 Å². The van der Waals surface area contributed by atoms with E-state index in [4.69, 9.17) is 22.1 Å². The molecule has 1 aromatic carbocycles. The van der Waals surface area contributed by atoms with Gasteiger partial charge in [0, 0.05) is 5.02 Å². The summed E-state index contributed by atoms with van der Waals surface area (Å²) in [6, 6.07) is 4.42. The monoisotopic (exact) mass is 333 g/mol. The van der Waals surface area contributed by atoms with Crippen molar-refractivity contribution in [3.05, 3.63) is 28.8 Å². The highest BCUT2D eigenvalue weighted by Gasteiger charge is 2.36. The molecule has 2 rings (SSSR count). The molecule has 0 aromatic heterocycles. The summed E-state index contributed by atoms with van der Waals surface area (Å²) in [5.41, 5.74) is 4.14. The Bertz CT molecular complexity index is 645. The highest BCUT2D eigenvalue weighted by Crippen LogP contribution is 2.27. The molecule has 0 saturated carbocycles. The molecule has 0 radical (unpaired) electrons. The van der Waals surface area contributed by atoms with Crippen LogP contribution in [-0.4, -0.2) is 43.1 Å². The molecule has 1 saturated heterocycles. The minimum Gasteiger partial charge on any atom is -0.490 e. The van der Waals surface area contributed by atoms with E-state index in [0.717, 1.165) is 0 Å². The van der Waals surface area contributed by atoms with E-state index in [-0.39, 0.29) is 42.3 Å². The Morgan fingerprint density at radius 3 is 2.57 bits per heavy atom. The van der Waals surface area contributed by atoms with Crippen LogP contribution in [-0.2, 0) is 9.84 Å². The average Bonchev–Trinajstić information content (AvgIpc) is 2.41. The lowest BCUT2D eigenvalue weighted by atomic mass is 9.98. The lowest BCUT2D eigenvalue weighted by Crippen LogP contribution is -2.44. The van der Waals surface area contributed by atoms with Gasteiger partial charge in [0.25, 0.3) is 5.91 Å². The highest BCUT2D eigenvalue weighted by molar-refractivity contribution is 7.91. The first-order valence-electron chi connectivity index (χ1n) is 6.36. The number of hydrogen-bond acceptors (Lipinski definition) is 5. The molecule has 1 aliphatic heterocycles. The number of amides is 1. The standard InChI is InChI=1S/C13H16ClNO5S/c14-9-1-2-11(10(7-9)12(15)16)20-8-13(17)3-5-21(18,19)6-4-13/h1-2,7,17H,3-6,8H2,(H2,15,16). The van der Waals surface area contributed by atoms with Gasteiger partial charge in [-0.3, -0.25) is 4.79 Å². The average molecular weight is 334 g/mol. The Labute approximate surface area is 127 Å². The van der Waals surface area contributed by atoms with E-state index in [9.17, 15) is 18.3 Å². The number of primary amides is 1. The van der Waals surface area contributed by atoms with Crippen molar-refractivity contribution in [1.82, 2.24) is 0 Å². The molecule has 0 spiro atoms. The smallest absolute Gasteiger partial charge is 0.252 e. The quantitative estimate of drug-likeness (QED) is 0.845. The van der Waals surface area contributed by atoms with Crippen LogP contribution in [0.4, 0.5) is 0 Å². The van der Waals surface area contributed by atoms with Crippen molar-refractivity contribution in [3.63, 3.8) is 0 Å². The maximum Gasteiger partial charge on any atom is 0.252 e. The van der Waals surface area contributed by atoms with Gasteiger partial charge in [-0.25, -0.2) is 8.42 Å². The topological polar surface area (TPSA) is 107 Å². The van der Waals surface area contributed by atoms with Crippen LogP contribution in [0.1, 0.15) is 23.2 Å². The predicted octanol–water partition coefficient (Wildman–Crippen LogP) is 0.757. The van der Waals surface area contributed by atoms with Crippen molar-refractivity contribution >= 4 is 27.3 Å². The Hall–Kier alpha value is -1.31. The fourth-order valence-electron chi connectivity index (χ4n) is 2.10. The third-order valence-corrected chi connectivity index (χ3v) is 5.35. The first-order chi connectivity index (χ1) is 9.71. The molecule has 1 fully saturated rings. The first kappa shape index (κ1) is 16.1. The van der Waals surface area contributed by atoms with Crippen LogP contribution in [0.5, 0.6) is 5.75 Å². The third kappa shape index (κ3) is 4.09. The van der Waals surface area contributed by atoms with Crippen molar-refractivity contribution in [2.75, 3.05) is 18.1 Å². The number of benzene rings is 1. The van der Waals surface area contributed by atoms with Crippen molar-refractivity contribution in [3.8, 4) is 5.75 Å². The van der Waals surface area contributed by atoms with Gasteiger partial charge in [0.1, 0.15) is 18.0 Å². The molecule has 0 atom stereocenters. The van der Waals surface area contributed by atoms with Crippen molar-refractivity contribution in [1.29, 1.82) is 0 Å². The molecule has 3 N–H and O–H groups in total. The molecule has 1 heterocycles. The number of hydrogen-bond donors (Lipinski definition) is 2. The predicted molar refractivity (Wildman–Crippen MR) is 78.3 cm³/mol. The van der Waals surface area contributed by atoms with Crippen molar-refractivity contribution in [2.45, 2.75) is 18.4 Å². The van der Waals surface area contributed by atoms with Crippen LogP contribution >= 0.6 is 11.6 Å². The number of rotatable bonds is 4. The van der Waals surface area contributed by atoms with E-state index in [1.807, 2.05) is 0 Å². The Morgan fingerprint density at radius 1 is 1.38 bits per heavy atom. The second kappa shape index (κ2) is 5.82. The van der Waals surface area contributed by atoms with E-state index in [1.54, 1.807) is 6.07 Å². The molecule has 1 amide bonds. The zero-order valence-corrected chi connectivity index (χ0v) is 12.8. The molecule has 0 bridgehead atoms. The van der Waals surface area contributed by atoms with Crippen LogP contribution in [0.15, 0.2) is 18.2 Å². The van der Waals surface area contributed by atoms with Gasteiger partial charge in [-0.05, 0) is 31.0 Å². The maximum atomic E-state index is 11.4. The Kier molecular flexibility index (Phi) is 4.46. The molecular formula is C13H16ClNO5S. The molecular weight excluding hydrogens is 318 g/mol. The molecule has 21 heavy (non-hydrogen) atoms. The summed E-state index contributed by atoms with van der Waals surface area (Å²) < 4.78 is 28.2. The van der Waals surface area contributed by atoms with E-state index in [1.165, 1.54) is 12.1 Å². The molecule has 0 unspecified atom stereocenters. The number of nitrogens with two attached hydrogens (primary N) is 1. The fourth-order valence-corrected chi connectivity index (χ4v) is 3.85. The summed E-state index contributed by atoms with van der Waals surface area (Å²) in [5, 5.41) is 10.7. The first-order valence-corrected chi connectivity index (χ1v) is 8.56. The third-order valence-electron chi connectivity index (χ3n) is 3.46. The summed E-state index contributed by atoms with van der Waals surface area (Å²) in [4.78, 5) is 11.3. The Balaban J connectivity index is 2.08. The number of carbonyl (C=O) groups excluding carboxylic acids is 1. The largest absolute Gasteiger partial charge is 0.490 e. The molecule has 0 aliphatic carbocycles. The van der Waals surface area contributed by atoms with E-state index >= 15 is 0 Å². The number of aliphatic hydroxyl groups is 1. The van der Waals surface area contributed by atoms with E-state index in [2.05, 4.69) is 0 Å². The van der Waals surface area contributed by atoms with Crippen molar-refractivity contribution < 1.29 is 23.1 Å². The molecule has 1 aliphatic rings. The van der Waals surface area contributed by atoms with Gasteiger partial charge in [0.05, 0.1) is 17.1 Å². The summed E-state index contributed by atoms with van der Waals surface area (Å²) in [7, 11) is -3.07. The summed E-state index contributed by atoms with van der Waals surface area (Å²) >= 11 is 5.79. The Morgan fingerprint density at radius 2 is 2.00 bits per heavy atom. The zero-order valence-electron chi connectivity index (χ0n) is 11.2. The van der Waals surface area contributed by atoms with Crippen molar-refractivity contribution in [2.24, 2.45) is 5.73 Å². The second-order valence-electron chi connectivity index (χ2n) is 5.17. The zero-order chi connectivity index (χ0) is 15.7. The molecule has 1 aromatic rings. The van der Waals surface area contributed by atoms with Crippen LogP contribution < -0.4 is 10.5 Å². The van der Waals surface area contributed by atoms with Crippen LogP contribution in [0.3, 0.4) is 0 Å². The SMILES string of the molecule is NC(=O)c1cc(Cl)ccc1OCC1(O)CCS(=O)(=O)CC1. The lowest BCUT2D eigenvalue weighted by Gasteiger charge is -2.31. The summed E-state index contributed by atoms with van der Waals surface area (Å²) in [5.74, 6) is -0.619. The fraction of sp³-hybridized carbons (Fsp3) is 0.462. The van der Waals surface area contributed by atoms with Gasteiger partial charge in [0.15, 0.2) is 9.84 Å². The molecule has 8 heteroatoms. The number of ether oxygens (including phenoxy) is 1. The minimum atomic E-state index is -3.07. The minimum absolute atomic E-state index is 0.0733. The lowest BCUT2D eigenvalue weighted by molar-refractivity contribution is -0.0130. The van der Waals surface area contributed by atoms with Gasteiger partial charge in [-0.1, -0.05) is 11.6 Å². The number of sulfone groups is 1. The van der Waals surface area contributed by atoms with Gasteiger partial charge >= 0.3 is 0 Å². The summed E-state index contributed by atoms with van der Waals surface area (Å²) in [6.07, 6.45) is 0.212. The van der Waals surface area contributed by atoms with Crippen LogP contribution in [0.25, 0.3) is 0 Å². The summed E-state index contributed by atoms with van der Waals surface area (Å²) in [6.45, 7) is -0.107. The van der Waals surface area contributed by atoms with Gasteiger partial charge in [0.2, 0.25) is 0 Å². The molecule has 6 nitrogen and oxygen atoms in total. The molecule has 116 valence electrons. The number of halogens is 1. The van der Waals surface area contributed by atoms with E-state index in [0.29, 0.717) is 5.02 Å². The normalized spacial score (nSPS) is 19.9. The van der Waals surface area contributed by atoms with Gasteiger partial charge in [-0.2, -0.15) is 0 Å². The second-order valence-corrected chi connectivity index (χ2v) is 7.91. The maximum absolute atomic E-state index is 11.4. The van der Waals surface area contributed by atoms with Gasteiger partial charge < -0.3 is 15.6 Å². The van der Waals surface area contributed by atoms with Gasteiger partial charge in [-0.15, -0.1) is 0 Å². The van der Waals surface area contributed by atoms with E-state index < -0.39 is 21.3 Å². The van der Waals surface area contributed by atoms with Crippen LogP contribution in [0, 0.1) is 0 Å².